The van der Waals surface area contributed by atoms with Crippen LogP contribution in [-0.2, 0) is 11.2 Å². The molecule has 2 heterocycles. The number of hydrogen-bond acceptors (Lipinski definition) is 5. The van der Waals surface area contributed by atoms with Crippen LogP contribution in [0.2, 0.25) is 0 Å². The average Bonchev–Trinajstić information content (AvgIpc) is 3.11. The van der Waals surface area contributed by atoms with Crippen molar-refractivity contribution in [3.8, 4) is 0 Å². The zero-order valence-electron chi connectivity index (χ0n) is 13.7. The van der Waals surface area contributed by atoms with Gasteiger partial charge in [0.2, 0.25) is 11.0 Å². The van der Waals surface area contributed by atoms with E-state index >= 15 is 0 Å². The van der Waals surface area contributed by atoms with Gasteiger partial charge in [-0.1, -0.05) is 37.3 Å². The summed E-state index contributed by atoms with van der Waals surface area (Å²) >= 11 is 1.37. The van der Waals surface area contributed by atoms with E-state index in [-0.39, 0.29) is 23.9 Å². The molecule has 1 atom stereocenters. The van der Waals surface area contributed by atoms with Gasteiger partial charge in [-0.2, -0.15) is 0 Å². The van der Waals surface area contributed by atoms with Gasteiger partial charge in [-0.3, -0.25) is 10.1 Å². The summed E-state index contributed by atoms with van der Waals surface area (Å²) in [5.41, 5.74) is 2.74. The molecule has 3 N–H and O–H groups in total. The predicted octanol–water partition coefficient (Wildman–Crippen LogP) is 3.04. The van der Waals surface area contributed by atoms with Crippen LogP contribution in [-0.4, -0.2) is 22.1 Å². The average molecular weight is 345 g/mol. The fourth-order valence-electron chi connectivity index (χ4n) is 2.45. The molecule has 126 valence electrons. The number of anilines is 2. The van der Waals surface area contributed by atoms with Gasteiger partial charge in [0.05, 0.1) is 12.5 Å². The number of benzene rings is 1. The maximum Gasteiger partial charge on any atom is 0.321 e. The molecule has 3 amide bonds. The minimum atomic E-state index is -0.330. The Bertz CT molecular complexity index is 787. The summed E-state index contributed by atoms with van der Waals surface area (Å²) in [6, 6.07) is 5.19. The quantitative estimate of drug-likeness (QED) is 0.793. The van der Waals surface area contributed by atoms with Gasteiger partial charge in [0.25, 0.3) is 0 Å². The summed E-state index contributed by atoms with van der Waals surface area (Å²) in [4.78, 5) is 23.5. The topological polar surface area (TPSA) is 96.0 Å². The molecule has 0 radical (unpaired) electrons. The van der Waals surface area contributed by atoms with Crippen LogP contribution in [0.5, 0.6) is 0 Å². The first-order valence-corrected chi connectivity index (χ1v) is 8.57. The summed E-state index contributed by atoms with van der Waals surface area (Å²) in [5.74, 6) is 0.278. The Morgan fingerprint density at radius 1 is 1.29 bits per heavy atom. The predicted molar refractivity (Wildman–Crippen MR) is 93.3 cm³/mol. The van der Waals surface area contributed by atoms with E-state index in [1.807, 2.05) is 39.0 Å². The summed E-state index contributed by atoms with van der Waals surface area (Å²) in [6.07, 6.45) is 0.380. The zero-order chi connectivity index (χ0) is 17.3. The van der Waals surface area contributed by atoms with Gasteiger partial charge < -0.3 is 10.6 Å². The Morgan fingerprint density at radius 2 is 2.08 bits per heavy atom. The van der Waals surface area contributed by atoms with Crippen molar-refractivity contribution in [1.82, 2.24) is 15.5 Å². The highest BCUT2D eigenvalue weighted by molar-refractivity contribution is 7.15. The van der Waals surface area contributed by atoms with Crippen LogP contribution < -0.4 is 16.0 Å². The largest absolute Gasteiger partial charge is 0.331 e. The number of nitrogens with zero attached hydrogens (tertiary/aromatic N) is 2. The summed E-state index contributed by atoms with van der Waals surface area (Å²) in [6.45, 7) is 5.95. The SMILES string of the molecule is CC(C)c1nnc(NC(=O)N[C@@H](C)c2ccc3c(c2)CC(=O)N3)s1. The Hall–Kier alpha value is -2.48. The third kappa shape index (κ3) is 3.53. The molecule has 3 rings (SSSR count). The number of fused-ring (bicyclic) bond motifs is 1. The second-order valence-corrected chi connectivity index (χ2v) is 7.07. The molecular weight excluding hydrogens is 326 g/mol. The second kappa shape index (κ2) is 6.56. The molecule has 0 saturated carbocycles. The maximum absolute atomic E-state index is 12.1. The fraction of sp³-hybridized carbons (Fsp3) is 0.375. The number of urea groups is 1. The Labute approximate surface area is 143 Å². The summed E-state index contributed by atoms with van der Waals surface area (Å²) in [7, 11) is 0. The van der Waals surface area contributed by atoms with Gasteiger partial charge in [-0.05, 0) is 24.1 Å². The van der Waals surface area contributed by atoms with Gasteiger partial charge in [-0.15, -0.1) is 10.2 Å². The van der Waals surface area contributed by atoms with E-state index in [9.17, 15) is 9.59 Å². The van der Waals surface area contributed by atoms with Crippen molar-refractivity contribution in [1.29, 1.82) is 0 Å². The normalized spacial score (nSPS) is 14.2. The minimum Gasteiger partial charge on any atom is -0.331 e. The standard InChI is InChI=1S/C16H19N5O2S/c1-8(2)14-20-21-16(24-14)19-15(23)17-9(3)10-4-5-12-11(6-10)7-13(22)18-12/h4-6,8-9H,7H2,1-3H3,(H,18,22)(H2,17,19,21,23)/t9-/m0/s1. The van der Waals surface area contributed by atoms with E-state index in [2.05, 4.69) is 26.1 Å². The second-order valence-electron chi connectivity index (χ2n) is 6.06. The number of nitrogens with one attached hydrogen (secondary N) is 3. The molecule has 0 bridgehead atoms. The van der Waals surface area contributed by atoms with Gasteiger partial charge in [0.15, 0.2) is 0 Å². The molecule has 1 aliphatic heterocycles. The number of hydrogen-bond donors (Lipinski definition) is 3. The van der Waals surface area contributed by atoms with Crippen LogP contribution in [0.1, 0.15) is 48.9 Å². The monoisotopic (exact) mass is 345 g/mol. The first kappa shape index (κ1) is 16.4. The van der Waals surface area contributed by atoms with Gasteiger partial charge in [-0.25, -0.2) is 4.79 Å². The van der Waals surface area contributed by atoms with Crippen molar-refractivity contribution in [3.63, 3.8) is 0 Å². The van der Waals surface area contributed by atoms with E-state index in [1.54, 1.807) is 0 Å². The highest BCUT2D eigenvalue weighted by Crippen LogP contribution is 2.26. The summed E-state index contributed by atoms with van der Waals surface area (Å²) < 4.78 is 0. The number of carbonyl (C=O) groups is 2. The van der Waals surface area contributed by atoms with E-state index in [0.29, 0.717) is 11.6 Å². The van der Waals surface area contributed by atoms with Crippen LogP contribution in [0.25, 0.3) is 0 Å². The molecule has 0 spiro atoms. The smallest absolute Gasteiger partial charge is 0.321 e. The van der Waals surface area contributed by atoms with Crippen LogP contribution in [0.4, 0.5) is 15.6 Å². The Morgan fingerprint density at radius 3 is 2.79 bits per heavy atom. The van der Waals surface area contributed by atoms with Gasteiger partial charge in [0, 0.05) is 11.6 Å². The molecule has 2 aromatic rings. The molecule has 7 nitrogen and oxygen atoms in total. The lowest BCUT2D eigenvalue weighted by molar-refractivity contribution is -0.115. The number of aromatic nitrogens is 2. The molecule has 0 saturated heterocycles. The molecule has 1 aliphatic rings. The van der Waals surface area contributed by atoms with E-state index in [1.165, 1.54) is 11.3 Å². The zero-order valence-corrected chi connectivity index (χ0v) is 14.5. The van der Waals surface area contributed by atoms with Crippen LogP contribution >= 0.6 is 11.3 Å². The molecule has 1 aromatic carbocycles. The van der Waals surface area contributed by atoms with Crippen LogP contribution in [0.3, 0.4) is 0 Å². The van der Waals surface area contributed by atoms with E-state index in [0.717, 1.165) is 21.8 Å². The molecule has 8 heteroatoms. The lowest BCUT2D eigenvalue weighted by atomic mass is 10.0. The third-order valence-corrected chi connectivity index (χ3v) is 4.90. The lowest BCUT2D eigenvalue weighted by Crippen LogP contribution is -2.31. The molecule has 1 aromatic heterocycles. The fourth-order valence-corrected chi connectivity index (χ4v) is 3.19. The third-order valence-electron chi connectivity index (χ3n) is 3.76. The van der Waals surface area contributed by atoms with Crippen molar-refractivity contribution < 1.29 is 9.59 Å². The maximum atomic E-state index is 12.1. The van der Waals surface area contributed by atoms with Crippen molar-refractivity contribution in [2.75, 3.05) is 10.6 Å². The van der Waals surface area contributed by atoms with Crippen molar-refractivity contribution in [3.05, 3.63) is 34.3 Å². The van der Waals surface area contributed by atoms with Gasteiger partial charge >= 0.3 is 6.03 Å². The van der Waals surface area contributed by atoms with Crippen molar-refractivity contribution in [2.24, 2.45) is 0 Å². The molecular formula is C16H19N5O2S. The lowest BCUT2D eigenvalue weighted by Gasteiger charge is -2.15. The highest BCUT2D eigenvalue weighted by Gasteiger charge is 2.19. The molecule has 0 aliphatic carbocycles. The van der Waals surface area contributed by atoms with Crippen molar-refractivity contribution >= 4 is 34.1 Å². The first-order chi connectivity index (χ1) is 11.4. The highest BCUT2D eigenvalue weighted by atomic mass is 32.1. The molecule has 0 unspecified atom stereocenters. The van der Waals surface area contributed by atoms with Crippen LogP contribution in [0.15, 0.2) is 18.2 Å². The number of rotatable bonds is 4. The molecule has 24 heavy (non-hydrogen) atoms. The number of carbonyl (C=O) groups excluding carboxylic acids is 2. The van der Waals surface area contributed by atoms with Crippen LogP contribution in [0, 0.1) is 0 Å². The van der Waals surface area contributed by atoms with E-state index < -0.39 is 0 Å². The first-order valence-electron chi connectivity index (χ1n) is 7.76. The Balaban J connectivity index is 1.62. The van der Waals surface area contributed by atoms with Gasteiger partial charge in [0.1, 0.15) is 5.01 Å². The van der Waals surface area contributed by atoms with E-state index in [4.69, 9.17) is 0 Å². The number of amides is 3. The minimum absolute atomic E-state index is 0.00210. The molecule has 0 fully saturated rings. The van der Waals surface area contributed by atoms with Crippen molar-refractivity contribution in [2.45, 2.75) is 39.2 Å². The summed E-state index contributed by atoms with van der Waals surface area (Å²) in [5, 5.41) is 17.7. The Kier molecular flexibility index (Phi) is 4.48.